The van der Waals surface area contributed by atoms with Crippen LogP contribution in [0.5, 0.6) is 0 Å². The molecule has 0 fully saturated rings. The molecule has 0 atom stereocenters. The van der Waals surface area contributed by atoms with Gasteiger partial charge >= 0.3 is 0 Å². The second-order valence-corrected chi connectivity index (χ2v) is 6.07. The maximum atomic E-state index is 11.8. The highest BCUT2D eigenvalue weighted by molar-refractivity contribution is 7.98. The Kier molecular flexibility index (Phi) is 6.84. The van der Waals surface area contributed by atoms with Gasteiger partial charge in [0.1, 0.15) is 0 Å². The molecule has 2 rings (SSSR count). The van der Waals surface area contributed by atoms with Crippen molar-refractivity contribution in [3.05, 3.63) is 64.7 Å². The van der Waals surface area contributed by atoms with Gasteiger partial charge in [0.2, 0.25) is 0 Å². The molecule has 2 aromatic carbocycles. The number of benzene rings is 2. The van der Waals surface area contributed by atoms with Crippen molar-refractivity contribution in [1.29, 1.82) is 0 Å². The van der Waals surface area contributed by atoms with Crippen molar-refractivity contribution < 1.29 is 9.59 Å². The molecular formula is C17H16ClN3O2S. The van der Waals surface area contributed by atoms with Crippen LogP contribution in [0.15, 0.2) is 58.5 Å². The molecule has 5 nitrogen and oxygen atoms in total. The van der Waals surface area contributed by atoms with E-state index < -0.39 is 5.91 Å². The molecule has 2 amide bonds. The quantitative estimate of drug-likeness (QED) is 0.472. The first-order valence-electron chi connectivity index (χ1n) is 7.08. The Bertz CT molecular complexity index is 731. The van der Waals surface area contributed by atoms with Gasteiger partial charge < -0.3 is 5.32 Å². The number of hydrogen-bond donors (Lipinski definition) is 2. The molecule has 0 saturated carbocycles. The maximum Gasteiger partial charge on any atom is 0.259 e. The number of carbonyl (C=O) groups excluding carboxylic acids is 2. The molecule has 0 aliphatic heterocycles. The van der Waals surface area contributed by atoms with Crippen LogP contribution in [0.2, 0.25) is 5.02 Å². The number of nitrogens with zero attached hydrogens (tertiary/aromatic N) is 1. The summed E-state index contributed by atoms with van der Waals surface area (Å²) in [7, 11) is 0. The van der Waals surface area contributed by atoms with Gasteiger partial charge in [-0.2, -0.15) is 5.10 Å². The molecule has 2 N–H and O–H groups in total. The highest BCUT2D eigenvalue weighted by atomic mass is 35.5. The van der Waals surface area contributed by atoms with E-state index in [1.165, 1.54) is 0 Å². The van der Waals surface area contributed by atoms with Crippen LogP contribution >= 0.6 is 23.4 Å². The molecule has 0 aromatic heterocycles. The molecule has 0 aliphatic carbocycles. The monoisotopic (exact) mass is 361 g/mol. The number of halogens is 1. The van der Waals surface area contributed by atoms with Gasteiger partial charge in [0.05, 0.1) is 12.8 Å². The lowest BCUT2D eigenvalue weighted by atomic mass is 10.2. The van der Waals surface area contributed by atoms with E-state index in [0.717, 1.165) is 10.5 Å². The van der Waals surface area contributed by atoms with Crippen LogP contribution in [0.3, 0.4) is 0 Å². The van der Waals surface area contributed by atoms with E-state index in [4.69, 9.17) is 11.6 Å². The number of nitrogens with one attached hydrogen (secondary N) is 2. The Morgan fingerprint density at radius 1 is 1.12 bits per heavy atom. The minimum absolute atomic E-state index is 0.162. The van der Waals surface area contributed by atoms with Gasteiger partial charge in [-0.3, -0.25) is 9.59 Å². The lowest BCUT2D eigenvalue weighted by Gasteiger charge is -2.04. The summed E-state index contributed by atoms with van der Waals surface area (Å²) >= 11 is 7.41. The summed E-state index contributed by atoms with van der Waals surface area (Å²) in [6.45, 7) is -0.162. The maximum absolute atomic E-state index is 11.8. The van der Waals surface area contributed by atoms with Crippen LogP contribution in [-0.4, -0.2) is 30.8 Å². The normalized spacial score (nSPS) is 10.6. The van der Waals surface area contributed by atoms with Gasteiger partial charge in [0.15, 0.2) is 0 Å². The van der Waals surface area contributed by atoms with Crippen LogP contribution < -0.4 is 10.7 Å². The highest BCUT2D eigenvalue weighted by Gasteiger charge is 2.07. The fourth-order valence-corrected chi connectivity index (χ4v) is 2.31. The minimum Gasteiger partial charge on any atom is -0.343 e. The summed E-state index contributed by atoms with van der Waals surface area (Å²) in [5, 5.41) is 6.92. The van der Waals surface area contributed by atoms with Gasteiger partial charge in [-0.15, -0.1) is 11.8 Å². The number of rotatable bonds is 6. The fraction of sp³-hybridized carbons (Fsp3) is 0.118. The van der Waals surface area contributed by atoms with Crippen LogP contribution in [0.4, 0.5) is 0 Å². The van der Waals surface area contributed by atoms with E-state index in [9.17, 15) is 9.59 Å². The van der Waals surface area contributed by atoms with Crippen molar-refractivity contribution >= 4 is 41.4 Å². The predicted molar refractivity (Wildman–Crippen MR) is 97.7 cm³/mol. The first-order valence-corrected chi connectivity index (χ1v) is 8.68. The van der Waals surface area contributed by atoms with E-state index >= 15 is 0 Å². The van der Waals surface area contributed by atoms with Gasteiger partial charge in [-0.25, -0.2) is 5.43 Å². The lowest BCUT2D eigenvalue weighted by molar-refractivity contribution is -0.120. The van der Waals surface area contributed by atoms with Crippen LogP contribution in [0.1, 0.15) is 15.9 Å². The van der Waals surface area contributed by atoms with Crippen molar-refractivity contribution in [3.63, 3.8) is 0 Å². The Labute approximate surface area is 149 Å². The molecule has 124 valence electrons. The largest absolute Gasteiger partial charge is 0.343 e. The number of amides is 2. The molecule has 0 bridgehead atoms. The Morgan fingerprint density at radius 3 is 2.42 bits per heavy atom. The minimum atomic E-state index is -0.408. The molecule has 7 heteroatoms. The van der Waals surface area contributed by atoms with Crippen LogP contribution in [0, 0.1) is 0 Å². The summed E-state index contributed by atoms with van der Waals surface area (Å²) in [5.74, 6) is -0.757. The summed E-state index contributed by atoms with van der Waals surface area (Å²) < 4.78 is 0. The third-order valence-electron chi connectivity index (χ3n) is 3.03. The van der Waals surface area contributed by atoms with Crippen molar-refractivity contribution in [3.8, 4) is 0 Å². The second kappa shape index (κ2) is 9.10. The highest BCUT2D eigenvalue weighted by Crippen LogP contribution is 2.13. The molecular weight excluding hydrogens is 346 g/mol. The van der Waals surface area contributed by atoms with Crippen LogP contribution in [0.25, 0.3) is 0 Å². The molecule has 0 unspecified atom stereocenters. The molecule has 0 saturated heterocycles. The fourth-order valence-electron chi connectivity index (χ4n) is 1.77. The van der Waals surface area contributed by atoms with E-state index in [1.807, 2.05) is 30.5 Å². The molecule has 0 aliphatic rings. The number of carbonyl (C=O) groups is 2. The summed E-state index contributed by atoms with van der Waals surface area (Å²) in [5.41, 5.74) is 3.67. The summed E-state index contributed by atoms with van der Waals surface area (Å²) in [6.07, 6.45) is 3.55. The molecule has 0 radical (unpaired) electrons. The van der Waals surface area contributed by atoms with Crippen molar-refractivity contribution in [2.45, 2.75) is 4.90 Å². The number of hydrogen-bond acceptors (Lipinski definition) is 4. The first-order chi connectivity index (χ1) is 11.6. The number of thioether (sulfide) groups is 1. The van der Waals surface area contributed by atoms with E-state index in [0.29, 0.717) is 10.6 Å². The Hall–Kier alpha value is -2.31. The standard InChI is InChI=1S/C17H16ClN3O2S/c1-24-15-8-2-12(3-9-15)10-20-21-16(22)11-19-17(23)13-4-6-14(18)7-5-13/h2-10H,11H2,1H3,(H,19,23)(H,21,22)/b20-10-. The zero-order valence-corrected chi connectivity index (χ0v) is 14.5. The zero-order valence-electron chi connectivity index (χ0n) is 13.0. The average molecular weight is 362 g/mol. The van der Waals surface area contributed by atoms with Gasteiger partial charge in [0, 0.05) is 15.5 Å². The third-order valence-corrected chi connectivity index (χ3v) is 4.03. The molecule has 0 heterocycles. The first kappa shape index (κ1) is 18.0. The predicted octanol–water partition coefficient (Wildman–Crippen LogP) is 2.94. The Morgan fingerprint density at radius 2 is 1.79 bits per heavy atom. The van der Waals surface area contributed by atoms with Gasteiger partial charge in [0.25, 0.3) is 11.8 Å². The smallest absolute Gasteiger partial charge is 0.259 e. The van der Waals surface area contributed by atoms with Crippen molar-refractivity contribution in [2.24, 2.45) is 5.10 Å². The van der Waals surface area contributed by atoms with Gasteiger partial charge in [-0.05, 0) is 48.2 Å². The summed E-state index contributed by atoms with van der Waals surface area (Å²) in [4.78, 5) is 24.7. The topological polar surface area (TPSA) is 70.6 Å². The van der Waals surface area contributed by atoms with E-state index in [-0.39, 0.29) is 12.5 Å². The molecule has 0 spiro atoms. The average Bonchev–Trinajstić information content (AvgIpc) is 2.61. The summed E-state index contributed by atoms with van der Waals surface area (Å²) in [6, 6.07) is 14.2. The Balaban J connectivity index is 1.77. The van der Waals surface area contributed by atoms with Crippen molar-refractivity contribution in [2.75, 3.05) is 12.8 Å². The molecule has 2 aromatic rings. The van der Waals surface area contributed by atoms with Crippen LogP contribution in [-0.2, 0) is 4.79 Å². The van der Waals surface area contributed by atoms with Crippen molar-refractivity contribution in [1.82, 2.24) is 10.7 Å². The second-order valence-electron chi connectivity index (χ2n) is 4.76. The van der Waals surface area contributed by atoms with E-state index in [2.05, 4.69) is 15.8 Å². The zero-order chi connectivity index (χ0) is 17.4. The van der Waals surface area contributed by atoms with E-state index in [1.54, 1.807) is 42.2 Å². The molecule has 24 heavy (non-hydrogen) atoms. The number of hydrazone groups is 1. The third kappa shape index (κ3) is 5.72. The van der Waals surface area contributed by atoms with Gasteiger partial charge in [-0.1, -0.05) is 23.7 Å². The SMILES string of the molecule is CSc1ccc(/C=N\NC(=O)CNC(=O)c2ccc(Cl)cc2)cc1. The lowest BCUT2D eigenvalue weighted by Crippen LogP contribution is -2.34.